The van der Waals surface area contributed by atoms with Crippen LogP contribution < -0.4 is 0 Å². The zero-order chi connectivity index (χ0) is 16.4. The molecule has 0 spiro atoms. The Bertz CT molecular complexity index is 865. The van der Waals surface area contributed by atoms with E-state index in [0.29, 0.717) is 11.6 Å². The number of rotatable bonds is 3. The summed E-state index contributed by atoms with van der Waals surface area (Å²) in [5.74, 6) is 0.466. The first-order chi connectivity index (χ1) is 11.8. The molecule has 1 aliphatic heterocycles. The molecule has 3 heterocycles. The molecule has 0 unspecified atom stereocenters. The van der Waals surface area contributed by atoms with Crippen LogP contribution in [0.3, 0.4) is 0 Å². The topological polar surface area (TPSA) is 59.0 Å². The van der Waals surface area contributed by atoms with Crippen molar-refractivity contribution < 1.29 is 4.79 Å². The van der Waals surface area contributed by atoms with Gasteiger partial charge < -0.3 is 4.90 Å². The molecule has 1 fully saturated rings. The SMILES string of the molecule is O=C(c1cnccn1)N1CC[C@@H](Cc2ccc3ncccc3c2)C1. The van der Waals surface area contributed by atoms with Gasteiger partial charge in [0.2, 0.25) is 0 Å². The Labute approximate surface area is 140 Å². The van der Waals surface area contributed by atoms with Gasteiger partial charge in [0.25, 0.3) is 5.91 Å². The van der Waals surface area contributed by atoms with E-state index in [1.165, 1.54) is 17.1 Å². The lowest BCUT2D eigenvalue weighted by molar-refractivity contribution is 0.0781. The minimum atomic E-state index is -0.0201. The van der Waals surface area contributed by atoms with Gasteiger partial charge in [0.15, 0.2) is 0 Å². The molecule has 0 radical (unpaired) electrons. The van der Waals surface area contributed by atoms with Crippen molar-refractivity contribution in [1.82, 2.24) is 19.9 Å². The number of hydrogen-bond acceptors (Lipinski definition) is 4. The highest BCUT2D eigenvalue weighted by Crippen LogP contribution is 2.23. The lowest BCUT2D eigenvalue weighted by Crippen LogP contribution is -2.29. The third kappa shape index (κ3) is 2.97. The summed E-state index contributed by atoms with van der Waals surface area (Å²) in [5, 5.41) is 1.17. The van der Waals surface area contributed by atoms with Gasteiger partial charge in [-0.05, 0) is 42.5 Å². The van der Waals surface area contributed by atoms with Crippen LogP contribution >= 0.6 is 0 Å². The summed E-state index contributed by atoms with van der Waals surface area (Å²) in [6.07, 6.45) is 8.50. The highest BCUT2D eigenvalue weighted by atomic mass is 16.2. The maximum absolute atomic E-state index is 12.4. The van der Waals surface area contributed by atoms with Crippen LogP contribution in [0.25, 0.3) is 10.9 Å². The summed E-state index contributed by atoms with van der Waals surface area (Å²) in [6, 6.07) is 10.5. The predicted molar refractivity (Wildman–Crippen MR) is 91.5 cm³/mol. The van der Waals surface area contributed by atoms with Crippen molar-refractivity contribution in [3.63, 3.8) is 0 Å². The fourth-order valence-electron chi connectivity index (χ4n) is 3.34. The number of pyridine rings is 1. The molecule has 2 aromatic heterocycles. The summed E-state index contributed by atoms with van der Waals surface area (Å²) in [4.78, 5) is 26.8. The van der Waals surface area contributed by atoms with Crippen molar-refractivity contribution in [3.05, 3.63) is 66.4 Å². The van der Waals surface area contributed by atoms with Crippen molar-refractivity contribution in [2.45, 2.75) is 12.8 Å². The fourth-order valence-corrected chi connectivity index (χ4v) is 3.34. The zero-order valence-corrected chi connectivity index (χ0v) is 13.3. The van der Waals surface area contributed by atoms with Crippen LogP contribution in [-0.4, -0.2) is 38.8 Å². The first kappa shape index (κ1) is 14.8. The number of benzene rings is 1. The molecule has 1 atom stereocenters. The Kier molecular flexibility index (Phi) is 3.91. The largest absolute Gasteiger partial charge is 0.337 e. The fraction of sp³-hybridized carbons (Fsp3) is 0.263. The molecule has 0 bridgehead atoms. The first-order valence-electron chi connectivity index (χ1n) is 8.18. The molecule has 0 aliphatic carbocycles. The van der Waals surface area contributed by atoms with Crippen molar-refractivity contribution in [2.24, 2.45) is 5.92 Å². The van der Waals surface area contributed by atoms with Crippen LogP contribution in [0.5, 0.6) is 0 Å². The van der Waals surface area contributed by atoms with Crippen molar-refractivity contribution >= 4 is 16.8 Å². The molecular weight excluding hydrogens is 300 g/mol. The van der Waals surface area contributed by atoms with E-state index in [1.54, 1.807) is 12.4 Å². The van der Waals surface area contributed by atoms with E-state index in [-0.39, 0.29) is 5.91 Å². The average molecular weight is 318 g/mol. The second-order valence-electron chi connectivity index (χ2n) is 6.23. The van der Waals surface area contributed by atoms with Gasteiger partial charge in [-0.15, -0.1) is 0 Å². The van der Waals surface area contributed by atoms with Gasteiger partial charge in [-0.3, -0.25) is 14.8 Å². The van der Waals surface area contributed by atoms with Crippen LogP contribution in [0.1, 0.15) is 22.5 Å². The van der Waals surface area contributed by atoms with Crippen LogP contribution in [0.15, 0.2) is 55.1 Å². The lowest BCUT2D eigenvalue weighted by Gasteiger charge is -2.16. The summed E-state index contributed by atoms with van der Waals surface area (Å²) < 4.78 is 0. The molecule has 4 rings (SSSR count). The van der Waals surface area contributed by atoms with Gasteiger partial charge in [0, 0.05) is 37.1 Å². The average Bonchev–Trinajstić information content (AvgIpc) is 3.10. The monoisotopic (exact) mass is 318 g/mol. The molecule has 5 heteroatoms. The number of amides is 1. The molecular formula is C19H18N4O. The Balaban J connectivity index is 1.44. The first-order valence-corrected chi connectivity index (χ1v) is 8.18. The third-order valence-corrected chi connectivity index (χ3v) is 4.55. The smallest absolute Gasteiger partial charge is 0.274 e. The molecule has 1 amide bonds. The van der Waals surface area contributed by atoms with Crippen LogP contribution in [-0.2, 0) is 6.42 Å². The second kappa shape index (κ2) is 6.35. The van der Waals surface area contributed by atoms with Gasteiger partial charge in [0.1, 0.15) is 5.69 Å². The molecule has 3 aromatic rings. The minimum Gasteiger partial charge on any atom is -0.337 e. The van der Waals surface area contributed by atoms with Crippen LogP contribution in [0.4, 0.5) is 0 Å². The second-order valence-corrected chi connectivity index (χ2v) is 6.23. The maximum atomic E-state index is 12.4. The summed E-state index contributed by atoms with van der Waals surface area (Å²) in [5.41, 5.74) is 2.75. The predicted octanol–water partition coefficient (Wildman–Crippen LogP) is 2.73. The van der Waals surface area contributed by atoms with E-state index in [9.17, 15) is 4.79 Å². The third-order valence-electron chi connectivity index (χ3n) is 4.55. The number of aromatic nitrogens is 3. The standard InChI is InChI=1S/C19H18N4O/c24-19(18-12-20-7-8-22-18)23-9-5-15(13-23)10-14-3-4-17-16(11-14)2-1-6-21-17/h1-4,6-8,11-12,15H,5,9-10,13H2/t15-/m0/s1. The summed E-state index contributed by atoms with van der Waals surface area (Å²) in [7, 11) is 0. The van der Waals surface area contributed by atoms with Crippen LogP contribution in [0, 0.1) is 5.92 Å². The number of nitrogens with zero attached hydrogens (tertiary/aromatic N) is 4. The van der Waals surface area contributed by atoms with Crippen LogP contribution in [0.2, 0.25) is 0 Å². The van der Waals surface area contributed by atoms with Gasteiger partial charge in [-0.25, -0.2) is 4.98 Å². The van der Waals surface area contributed by atoms with Gasteiger partial charge in [0.05, 0.1) is 11.7 Å². The van der Waals surface area contributed by atoms with E-state index < -0.39 is 0 Å². The maximum Gasteiger partial charge on any atom is 0.274 e. The van der Waals surface area contributed by atoms with E-state index in [1.807, 2.05) is 17.2 Å². The lowest BCUT2D eigenvalue weighted by atomic mass is 9.97. The number of likely N-dealkylation sites (tertiary alicyclic amines) is 1. The van der Waals surface area contributed by atoms with E-state index >= 15 is 0 Å². The Hall–Kier alpha value is -2.82. The molecule has 24 heavy (non-hydrogen) atoms. The Morgan fingerprint density at radius 3 is 3.00 bits per heavy atom. The highest BCUT2D eigenvalue weighted by molar-refractivity contribution is 5.92. The van der Waals surface area contributed by atoms with Crippen molar-refractivity contribution in [3.8, 4) is 0 Å². The molecule has 0 N–H and O–H groups in total. The molecule has 1 aromatic carbocycles. The van der Waals surface area contributed by atoms with Crippen molar-refractivity contribution in [2.75, 3.05) is 13.1 Å². The summed E-state index contributed by atoms with van der Waals surface area (Å²) >= 11 is 0. The number of hydrogen-bond donors (Lipinski definition) is 0. The van der Waals surface area contributed by atoms with E-state index in [4.69, 9.17) is 0 Å². The summed E-state index contributed by atoms with van der Waals surface area (Å²) in [6.45, 7) is 1.57. The van der Waals surface area contributed by atoms with Gasteiger partial charge in [-0.1, -0.05) is 12.1 Å². The quantitative estimate of drug-likeness (QED) is 0.745. The van der Waals surface area contributed by atoms with Gasteiger partial charge in [-0.2, -0.15) is 0 Å². The molecule has 5 nitrogen and oxygen atoms in total. The number of carbonyl (C=O) groups excluding carboxylic acids is 1. The van der Waals surface area contributed by atoms with E-state index in [0.717, 1.165) is 31.4 Å². The normalized spacial score (nSPS) is 17.3. The molecule has 0 saturated carbocycles. The number of carbonyl (C=O) groups is 1. The zero-order valence-electron chi connectivity index (χ0n) is 13.3. The van der Waals surface area contributed by atoms with Gasteiger partial charge >= 0.3 is 0 Å². The molecule has 120 valence electrons. The Morgan fingerprint density at radius 2 is 2.12 bits per heavy atom. The highest BCUT2D eigenvalue weighted by Gasteiger charge is 2.27. The Morgan fingerprint density at radius 1 is 1.17 bits per heavy atom. The molecule has 1 saturated heterocycles. The molecule has 1 aliphatic rings. The van der Waals surface area contributed by atoms with E-state index in [2.05, 4.69) is 39.2 Å². The van der Waals surface area contributed by atoms with Crippen molar-refractivity contribution in [1.29, 1.82) is 0 Å². The minimum absolute atomic E-state index is 0.0201. The number of fused-ring (bicyclic) bond motifs is 1.